The number of hydrogen-bond acceptors (Lipinski definition) is 3. The molecule has 5 nitrogen and oxygen atoms in total. The molecule has 0 spiro atoms. The number of likely N-dealkylation sites (tertiary alicyclic amines) is 1. The van der Waals surface area contributed by atoms with Crippen LogP contribution in [0.1, 0.15) is 32.1 Å². The zero-order valence-corrected chi connectivity index (χ0v) is 9.92. The molecule has 0 aromatic carbocycles. The molecule has 5 heteroatoms. The van der Waals surface area contributed by atoms with E-state index in [1.807, 2.05) is 0 Å². The Morgan fingerprint density at radius 2 is 1.75 bits per heavy atom. The minimum atomic E-state index is -0.430. The lowest BCUT2D eigenvalue weighted by molar-refractivity contribution is -0.120. The summed E-state index contributed by atoms with van der Waals surface area (Å²) in [6.07, 6.45) is 5.42. The van der Waals surface area contributed by atoms with E-state index in [2.05, 4.69) is 15.5 Å². The molecule has 3 amide bonds. The van der Waals surface area contributed by atoms with E-state index in [9.17, 15) is 9.59 Å². The third kappa shape index (κ3) is 5.11. The van der Waals surface area contributed by atoms with Crippen LogP contribution in [0.2, 0.25) is 0 Å². The van der Waals surface area contributed by atoms with Crippen molar-refractivity contribution in [2.75, 3.05) is 26.7 Å². The van der Waals surface area contributed by atoms with Gasteiger partial charge in [-0.25, -0.2) is 4.79 Å². The van der Waals surface area contributed by atoms with E-state index in [4.69, 9.17) is 0 Å². The second kappa shape index (κ2) is 7.22. The van der Waals surface area contributed by atoms with Crippen molar-refractivity contribution in [1.29, 1.82) is 0 Å². The monoisotopic (exact) mass is 227 g/mol. The van der Waals surface area contributed by atoms with E-state index in [1.165, 1.54) is 32.7 Å². The second-order valence-electron chi connectivity index (χ2n) is 4.13. The summed E-state index contributed by atoms with van der Waals surface area (Å²) in [5, 5.41) is 4.63. The Bertz CT molecular complexity index is 235. The fourth-order valence-corrected chi connectivity index (χ4v) is 1.87. The largest absolute Gasteiger partial charge is 0.341 e. The predicted octanol–water partition coefficient (Wildman–Crippen LogP) is 0.708. The molecule has 0 aromatic rings. The first-order chi connectivity index (χ1) is 7.72. The van der Waals surface area contributed by atoms with Gasteiger partial charge in [0, 0.05) is 20.0 Å². The first-order valence-corrected chi connectivity index (χ1v) is 5.96. The van der Waals surface area contributed by atoms with Gasteiger partial charge in [0.2, 0.25) is 5.91 Å². The minimum absolute atomic E-state index is 0.205. The Labute approximate surface area is 96.6 Å². The number of nitrogens with zero attached hydrogens (tertiary/aromatic N) is 1. The molecule has 16 heavy (non-hydrogen) atoms. The van der Waals surface area contributed by atoms with Crippen molar-refractivity contribution in [3.63, 3.8) is 0 Å². The van der Waals surface area contributed by atoms with Gasteiger partial charge in [0.1, 0.15) is 0 Å². The summed E-state index contributed by atoms with van der Waals surface area (Å²) in [6.45, 7) is 2.91. The van der Waals surface area contributed by atoms with Gasteiger partial charge in [-0.2, -0.15) is 0 Å². The van der Waals surface area contributed by atoms with Gasteiger partial charge in [-0.1, -0.05) is 12.8 Å². The van der Waals surface area contributed by atoms with Gasteiger partial charge in [0.25, 0.3) is 0 Å². The molecule has 1 aliphatic heterocycles. The third-order valence-electron chi connectivity index (χ3n) is 2.83. The quantitative estimate of drug-likeness (QED) is 0.746. The van der Waals surface area contributed by atoms with Crippen LogP contribution < -0.4 is 10.6 Å². The van der Waals surface area contributed by atoms with Crippen LogP contribution in [0.25, 0.3) is 0 Å². The van der Waals surface area contributed by atoms with Crippen LogP contribution in [0, 0.1) is 0 Å². The fourth-order valence-electron chi connectivity index (χ4n) is 1.87. The summed E-state index contributed by atoms with van der Waals surface area (Å²) in [5.41, 5.74) is 0. The van der Waals surface area contributed by atoms with Gasteiger partial charge in [-0.3, -0.25) is 10.1 Å². The summed E-state index contributed by atoms with van der Waals surface area (Å²) in [6, 6.07) is -0.430. The SMILES string of the molecule is CNC(=O)NC(=O)CCN1CCCCCC1. The standard InChI is InChI=1S/C11H21N3O2/c1-12-11(16)13-10(15)6-9-14-7-4-2-3-5-8-14/h2-9H2,1H3,(H2,12,13,15,16). The number of rotatable bonds is 3. The molecule has 0 unspecified atom stereocenters. The van der Waals surface area contributed by atoms with Crippen LogP contribution in [0.4, 0.5) is 4.79 Å². The molecule has 0 aliphatic carbocycles. The number of nitrogens with one attached hydrogen (secondary N) is 2. The van der Waals surface area contributed by atoms with Crippen molar-refractivity contribution in [2.24, 2.45) is 0 Å². The topological polar surface area (TPSA) is 61.4 Å². The van der Waals surface area contributed by atoms with Crippen molar-refractivity contribution in [1.82, 2.24) is 15.5 Å². The molecule has 92 valence electrons. The van der Waals surface area contributed by atoms with E-state index in [-0.39, 0.29) is 5.91 Å². The lowest BCUT2D eigenvalue weighted by Crippen LogP contribution is -2.39. The number of carbonyl (C=O) groups is 2. The number of amides is 3. The maximum atomic E-state index is 11.3. The molecule has 1 aliphatic rings. The Morgan fingerprint density at radius 3 is 2.31 bits per heavy atom. The summed E-state index contributed by atoms with van der Waals surface area (Å²) in [7, 11) is 1.50. The van der Waals surface area contributed by atoms with Crippen LogP contribution in [-0.4, -0.2) is 43.5 Å². The normalized spacial score (nSPS) is 17.6. The zero-order valence-electron chi connectivity index (χ0n) is 9.92. The molecular weight excluding hydrogens is 206 g/mol. The first-order valence-electron chi connectivity index (χ1n) is 5.96. The first kappa shape index (κ1) is 13.0. The molecule has 0 bridgehead atoms. The van der Waals surface area contributed by atoms with Crippen LogP contribution in [0.15, 0.2) is 0 Å². The molecule has 0 aromatic heterocycles. The zero-order chi connectivity index (χ0) is 11.8. The van der Waals surface area contributed by atoms with Crippen molar-refractivity contribution in [3.8, 4) is 0 Å². The smallest absolute Gasteiger partial charge is 0.321 e. The maximum absolute atomic E-state index is 11.3. The van der Waals surface area contributed by atoms with E-state index in [1.54, 1.807) is 0 Å². The van der Waals surface area contributed by atoms with Gasteiger partial charge < -0.3 is 10.2 Å². The van der Waals surface area contributed by atoms with Crippen LogP contribution in [-0.2, 0) is 4.79 Å². The molecule has 1 rings (SSSR count). The van der Waals surface area contributed by atoms with Crippen LogP contribution in [0.5, 0.6) is 0 Å². The van der Waals surface area contributed by atoms with Crippen LogP contribution >= 0.6 is 0 Å². The summed E-state index contributed by atoms with van der Waals surface area (Å²) < 4.78 is 0. The summed E-state index contributed by atoms with van der Waals surface area (Å²) >= 11 is 0. The van der Waals surface area contributed by atoms with Crippen molar-refractivity contribution in [3.05, 3.63) is 0 Å². The number of carbonyl (C=O) groups excluding carboxylic acids is 2. The number of hydrogen-bond donors (Lipinski definition) is 2. The average Bonchev–Trinajstić information content (AvgIpc) is 2.54. The van der Waals surface area contributed by atoms with Gasteiger partial charge in [-0.15, -0.1) is 0 Å². The van der Waals surface area contributed by atoms with Gasteiger partial charge >= 0.3 is 6.03 Å². The number of urea groups is 1. The summed E-state index contributed by atoms with van der Waals surface area (Å²) in [4.78, 5) is 24.5. The Kier molecular flexibility index (Phi) is 5.85. The minimum Gasteiger partial charge on any atom is -0.341 e. The molecule has 1 fully saturated rings. The Morgan fingerprint density at radius 1 is 1.12 bits per heavy atom. The predicted molar refractivity (Wildman–Crippen MR) is 62.1 cm³/mol. The lowest BCUT2D eigenvalue weighted by atomic mass is 10.2. The second-order valence-corrected chi connectivity index (χ2v) is 4.13. The van der Waals surface area contributed by atoms with E-state index in [0.717, 1.165) is 19.6 Å². The number of imide groups is 1. The molecule has 2 N–H and O–H groups in total. The highest BCUT2D eigenvalue weighted by molar-refractivity contribution is 5.94. The van der Waals surface area contributed by atoms with Gasteiger partial charge in [0.15, 0.2) is 0 Å². The molecule has 0 atom stereocenters. The highest BCUT2D eigenvalue weighted by Crippen LogP contribution is 2.09. The van der Waals surface area contributed by atoms with Gasteiger partial charge in [-0.05, 0) is 25.9 Å². The average molecular weight is 227 g/mol. The van der Waals surface area contributed by atoms with Crippen molar-refractivity contribution < 1.29 is 9.59 Å². The third-order valence-corrected chi connectivity index (χ3v) is 2.83. The Hall–Kier alpha value is -1.10. The molecule has 1 saturated heterocycles. The summed E-state index contributed by atoms with van der Waals surface area (Å²) in [5.74, 6) is -0.205. The fraction of sp³-hybridized carbons (Fsp3) is 0.818. The van der Waals surface area contributed by atoms with E-state index in [0.29, 0.717) is 6.42 Å². The van der Waals surface area contributed by atoms with E-state index < -0.39 is 6.03 Å². The highest BCUT2D eigenvalue weighted by atomic mass is 16.2. The van der Waals surface area contributed by atoms with Crippen molar-refractivity contribution in [2.45, 2.75) is 32.1 Å². The maximum Gasteiger partial charge on any atom is 0.321 e. The van der Waals surface area contributed by atoms with Gasteiger partial charge in [0.05, 0.1) is 0 Å². The molecular formula is C11H21N3O2. The highest BCUT2D eigenvalue weighted by Gasteiger charge is 2.11. The Balaban J connectivity index is 2.17. The molecule has 1 heterocycles. The molecule has 0 saturated carbocycles. The van der Waals surface area contributed by atoms with Crippen LogP contribution in [0.3, 0.4) is 0 Å². The lowest BCUT2D eigenvalue weighted by Gasteiger charge is -2.18. The van der Waals surface area contributed by atoms with E-state index >= 15 is 0 Å². The van der Waals surface area contributed by atoms with Crippen molar-refractivity contribution >= 4 is 11.9 Å². The molecule has 0 radical (unpaired) electrons.